The summed E-state index contributed by atoms with van der Waals surface area (Å²) in [4.78, 5) is 13.9. The van der Waals surface area contributed by atoms with Gasteiger partial charge in [0.2, 0.25) is 0 Å². The average molecular weight is 210 g/mol. The van der Waals surface area contributed by atoms with E-state index in [0.717, 1.165) is 19.5 Å². The minimum Gasteiger partial charge on any atom is -0.338 e. The standard InChI is InChI=1S/C12H22N2O/c1-2-3-4-9-13-11(15)14-10-8-12(14)6-5-7-12/h2-10H2,1H3,(H,13,15). The Hall–Kier alpha value is -0.730. The lowest BCUT2D eigenvalue weighted by molar-refractivity contribution is -0.0363. The molecule has 15 heavy (non-hydrogen) atoms. The maximum atomic E-state index is 11.8. The second-order valence-electron chi connectivity index (χ2n) is 4.92. The van der Waals surface area contributed by atoms with Crippen molar-refractivity contribution in [3.8, 4) is 0 Å². The van der Waals surface area contributed by atoms with Crippen LogP contribution in [0, 0.1) is 0 Å². The van der Waals surface area contributed by atoms with Gasteiger partial charge >= 0.3 is 6.03 Å². The van der Waals surface area contributed by atoms with Gasteiger partial charge in [0.1, 0.15) is 0 Å². The Morgan fingerprint density at radius 1 is 1.33 bits per heavy atom. The van der Waals surface area contributed by atoms with Crippen LogP contribution in [0.15, 0.2) is 0 Å². The van der Waals surface area contributed by atoms with E-state index >= 15 is 0 Å². The minimum atomic E-state index is 0.178. The fraction of sp³-hybridized carbons (Fsp3) is 0.917. The number of rotatable bonds is 4. The molecule has 2 fully saturated rings. The molecule has 86 valence electrons. The largest absolute Gasteiger partial charge is 0.338 e. The van der Waals surface area contributed by atoms with Crippen molar-refractivity contribution in [3.63, 3.8) is 0 Å². The molecule has 3 nitrogen and oxygen atoms in total. The predicted molar refractivity (Wildman–Crippen MR) is 60.8 cm³/mol. The molecule has 2 aliphatic rings. The zero-order valence-corrected chi connectivity index (χ0v) is 9.72. The van der Waals surface area contributed by atoms with Crippen LogP contribution >= 0.6 is 0 Å². The van der Waals surface area contributed by atoms with Gasteiger partial charge in [0.15, 0.2) is 0 Å². The van der Waals surface area contributed by atoms with Gasteiger partial charge in [0, 0.05) is 18.6 Å². The van der Waals surface area contributed by atoms with E-state index in [2.05, 4.69) is 17.1 Å². The Balaban J connectivity index is 1.67. The van der Waals surface area contributed by atoms with E-state index < -0.39 is 0 Å². The molecule has 1 saturated heterocycles. The molecule has 0 unspecified atom stereocenters. The molecule has 0 aromatic carbocycles. The first-order chi connectivity index (χ1) is 7.28. The van der Waals surface area contributed by atoms with Crippen molar-refractivity contribution in [2.24, 2.45) is 0 Å². The van der Waals surface area contributed by atoms with Gasteiger partial charge in [-0.1, -0.05) is 19.8 Å². The third-order valence-electron chi connectivity index (χ3n) is 3.96. The first kappa shape index (κ1) is 10.8. The van der Waals surface area contributed by atoms with Crippen LogP contribution in [-0.4, -0.2) is 29.6 Å². The van der Waals surface area contributed by atoms with Crippen molar-refractivity contribution in [1.29, 1.82) is 0 Å². The molecular weight excluding hydrogens is 188 g/mol. The number of unbranched alkanes of at least 4 members (excludes halogenated alkanes) is 2. The molecule has 1 spiro atoms. The number of hydrogen-bond donors (Lipinski definition) is 1. The van der Waals surface area contributed by atoms with Crippen molar-refractivity contribution < 1.29 is 4.79 Å². The van der Waals surface area contributed by atoms with Gasteiger partial charge in [-0.05, 0) is 32.1 Å². The Kier molecular flexibility index (Phi) is 3.17. The maximum Gasteiger partial charge on any atom is 0.317 e. The normalized spacial score (nSPS) is 22.1. The zero-order chi connectivity index (χ0) is 10.7. The fourth-order valence-electron chi connectivity index (χ4n) is 2.63. The molecule has 1 heterocycles. The highest BCUT2D eigenvalue weighted by molar-refractivity contribution is 5.76. The van der Waals surface area contributed by atoms with E-state index in [1.165, 1.54) is 38.5 Å². The Labute approximate surface area is 92.2 Å². The van der Waals surface area contributed by atoms with Crippen LogP contribution in [0.4, 0.5) is 4.79 Å². The molecule has 2 rings (SSSR count). The van der Waals surface area contributed by atoms with Gasteiger partial charge in [-0.25, -0.2) is 4.79 Å². The SMILES string of the molecule is CCCCCNC(=O)N1CCC12CCC2. The van der Waals surface area contributed by atoms with Crippen LogP contribution in [0.2, 0.25) is 0 Å². The first-order valence-corrected chi connectivity index (χ1v) is 6.34. The summed E-state index contributed by atoms with van der Waals surface area (Å²) in [6.45, 7) is 4.00. The van der Waals surface area contributed by atoms with Crippen LogP contribution in [0.3, 0.4) is 0 Å². The summed E-state index contributed by atoms with van der Waals surface area (Å²) in [5.74, 6) is 0. The number of likely N-dealkylation sites (tertiary alicyclic amines) is 1. The molecule has 1 N–H and O–H groups in total. The van der Waals surface area contributed by atoms with Crippen LogP contribution in [0.5, 0.6) is 0 Å². The van der Waals surface area contributed by atoms with E-state index in [-0.39, 0.29) is 6.03 Å². The highest BCUT2D eigenvalue weighted by Crippen LogP contribution is 2.46. The second-order valence-corrected chi connectivity index (χ2v) is 4.92. The van der Waals surface area contributed by atoms with Gasteiger partial charge in [-0.15, -0.1) is 0 Å². The summed E-state index contributed by atoms with van der Waals surface area (Å²) < 4.78 is 0. The van der Waals surface area contributed by atoms with Crippen molar-refractivity contribution in [1.82, 2.24) is 10.2 Å². The van der Waals surface area contributed by atoms with E-state index in [1.54, 1.807) is 0 Å². The van der Waals surface area contributed by atoms with Crippen LogP contribution in [0.1, 0.15) is 51.9 Å². The fourth-order valence-corrected chi connectivity index (χ4v) is 2.63. The van der Waals surface area contributed by atoms with Gasteiger partial charge in [0.05, 0.1) is 0 Å². The van der Waals surface area contributed by atoms with E-state index in [0.29, 0.717) is 5.54 Å². The lowest BCUT2D eigenvalue weighted by atomic mass is 9.68. The van der Waals surface area contributed by atoms with Crippen LogP contribution in [0.25, 0.3) is 0 Å². The first-order valence-electron chi connectivity index (χ1n) is 6.34. The minimum absolute atomic E-state index is 0.178. The molecular formula is C12H22N2O. The number of nitrogens with one attached hydrogen (secondary N) is 1. The topological polar surface area (TPSA) is 32.3 Å². The molecule has 3 heteroatoms. The number of amides is 2. The van der Waals surface area contributed by atoms with Crippen molar-refractivity contribution in [2.75, 3.05) is 13.1 Å². The molecule has 0 bridgehead atoms. The number of urea groups is 1. The van der Waals surface area contributed by atoms with Crippen molar-refractivity contribution in [3.05, 3.63) is 0 Å². The molecule has 0 aromatic heterocycles. The zero-order valence-electron chi connectivity index (χ0n) is 9.72. The van der Waals surface area contributed by atoms with Gasteiger partial charge < -0.3 is 10.2 Å². The highest BCUT2D eigenvalue weighted by Gasteiger charge is 2.51. The van der Waals surface area contributed by atoms with Gasteiger partial charge in [0.25, 0.3) is 0 Å². The van der Waals surface area contributed by atoms with Gasteiger partial charge in [-0.3, -0.25) is 0 Å². The smallest absolute Gasteiger partial charge is 0.317 e. The summed E-state index contributed by atoms with van der Waals surface area (Å²) >= 11 is 0. The summed E-state index contributed by atoms with van der Waals surface area (Å²) in [7, 11) is 0. The molecule has 2 amide bonds. The number of carbonyl (C=O) groups excluding carboxylic acids is 1. The monoisotopic (exact) mass is 210 g/mol. The molecule has 1 saturated carbocycles. The molecule has 0 aromatic rings. The molecule has 1 aliphatic heterocycles. The second kappa shape index (κ2) is 4.42. The van der Waals surface area contributed by atoms with E-state index in [9.17, 15) is 4.79 Å². The number of nitrogens with zero attached hydrogens (tertiary/aromatic N) is 1. The summed E-state index contributed by atoms with van der Waals surface area (Å²) in [5, 5.41) is 3.03. The predicted octanol–water partition coefficient (Wildman–Crippen LogP) is 2.51. The molecule has 0 radical (unpaired) electrons. The quantitative estimate of drug-likeness (QED) is 0.710. The Morgan fingerprint density at radius 3 is 2.60 bits per heavy atom. The van der Waals surface area contributed by atoms with E-state index in [4.69, 9.17) is 0 Å². The number of carbonyl (C=O) groups is 1. The molecule has 1 aliphatic carbocycles. The lowest BCUT2D eigenvalue weighted by Gasteiger charge is -2.58. The molecule has 0 atom stereocenters. The summed E-state index contributed by atoms with van der Waals surface area (Å²) in [6.07, 6.45) is 8.54. The lowest BCUT2D eigenvalue weighted by Crippen LogP contribution is -2.67. The summed E-state index contributed by atoms with van der Waals surface area (Å²) in [5.41, 5.74) is 0.300. The maximum absolute atomic E-state index is 11.8. The average Bonchev–Trinajstić information content (AvgIpc) is 2.08. The van der Waals surface area contributed by atoms with Crippen LogP contribution < -0.4 is 5.32 Å². The Bertz CT molecular complexity index is 230. The van der Waals surface area contributed by atoms with Crippen molar-refractivity contribution >= 4 is 6.03 Å². The third-order valence-corrected chi connectivity index (χ3v) is 3.96. The Morgan fingerprint density at radius 2 is 2.13 bits per heavy atom. The summed E-state index contributed by atoms with van der Waals surface area (Å²) in [6, 6.07) is 0.178. The van der Waals surface area contributed by atoms with E-state index in [1.807, 2.05) is 0 Å². The highest BCUT2D eigenvalue weighted by atomic mass is 16.2. The number of hydrogen-bond acceptors (Lipinski definition) is 1. The van der Waals surface area contributed by atoms with Gasteiger partial charge in [-0.2, -0.15) is 0 Å². The van der Waals surface area contributed by atoms with Crippen LogP contribution in [-0.2, 0) is 0 Å². The third kappa shape index (κ3) is 1.97. The van der Waals surface area contributed by atoms with Crippen molar-refractivity contribution in [2.45, 2.75) is 57.4 Å².